The lowest BCUT2D eigenvalue weighted by atomic mass is 10.1. The predicted molar refractivity (Wildman–Crippen MR) is 113 cm³/mol. The molecule has 0 saturated carbocycles. The number of amides is 2. The maximum atomic E-state index is 12.8. The summed E-state index contributed by atoms with van der Waals surface area (Å²) in [5.74, 6) is -1.08. The first-order chi connectivity index (χ1) is 14.2. The first kappa shape index (κ1) is 25.4. The van der Waals surface area contributed by atoms with E-state index in [4.69, 9.17) is 14.2 Å². The molecule has 8 nitrogen and oxygen atoms in total. The maximum absolute atomic E-state index is 12.8. The van der Waals surface area contributed by atoms with Gasteiger partial charge in [0.05, 0.1) is 13.2 Å². The number of ether oxygens (including phenoxy) is 3. The van der Waals surface area contributed by atoms with Crippen LogP contribution < -0.4 is 10.6 Å². The quantitative estimate of drug-likeness (QED) is 0.420. The lowest BCUT2D eigenvalue weighted by Crippen LogP contribution is -2.54. The molecular formula is C22H34N2O6. The van der Waals surface area contributed by atoms with Crippen LogP contribution in [0.2, 0.25) is 0 Å². The minimum absolute atomic E-state index is 0.0754. The first-order valence-corrected chi connectivity index (χ1v) is 10.2. The summed E-state index contributed by atoms with van der Waals surface area (Å²) in [4.78, 5) is 37.4. The molecular weight excluding hydrogens is 388 g/mol. The van der Waals surface area contributed by atoms with Crippen LogP contribution in [0.5, 0.6) is 0 Å². The molecule has 0 fully saturated rings. The Balaban J connectivity index is 2.87. The van der Waals surface area contributed by atoms with Crippen LogP contribution in [0.15, 0.2) is 30.3 Å². The molecule has 0 unspecified atom stereocenters. The number of benzene rings is 1. The van der Waals surface area contributed by atoms with Crippen molar-refractivity contribution in [2.45, 2.75) is 64.6 Å². The highest BCUT2D eigenvalue weighted by Gasteiger charge is 2.29. The molecule has 0 aliphatic heterocycles. The summed E-state index contributed by atoms with van der Waals surface area (Å²) in [5.41, 5.74) is 0.163. The number of carbonyl (C=O) groups excluding carboxylic acids is 3. The molecule has 8 heteroatoms. The SMILES string of the molecule is CCCCOC(=O)[C@H](Cc1ccccc1)NC(=O)[C@H](COC)NC(=O)OC(C)(C)C. The Morgan fingerprint density at radius 3 is 2.27 bits per heavy atom. The third-order valence-corrected chi connectivity index (χ3v) is 3.97. The predicted octanol–water partition coefficient (Wildman–Crippen LogP) is 2.60. The minimum atomic E-state index is -1.02. The van der Waals surface area contributed by atoms with Crippen LogP contribution in [0, 0.1) is 0 Å². The van der Waals surface area contributed by atoms with Gasteiger partial charge >= 0.3 is 12.1 Å². The van der Waals surface area contributed by atoms with E-state index < -0.39 is 35.7 Å². The molecule has 1 aromatic rings. The summed E-state index contributed by atoms with van der Waals surface area (Å²) >= 11 is 0. The molecule has 2 atom stereocenters. The van der Waals surface area contributed by atoms with Gasteiger partial charge in [0, 0.05) is 13.5 Å². The number of carbonyl (C=O) groups is 3. The minimum Gasteiger partial charge on any atom is -0.464 e. The Bertz CT molecular complexity index is 672. The van der Waals surface area contributed by atoms with Crippen LogP contribution in [-0.4, -0.2) is 56.0 Å². The van der Waals surface area contributed by atoms with Gasteiger partial charge in [0.1, 0.15) is 17.7 Å². The van der Waals surface area contributed by atoms with Gasteiger partial charge in [-0.25, -0.2) is 9.59 Å². The largest absolute Gasteiger partial charge is 0.464 e. The Morgan fingerprint density at radius 2 is 1.70 bits per heavy atom. The summed E-state index contributed by atoms with van der Waals surface area (Å²) in [6, 6.07) is 7.40. The highest BCUT2D eigenvalue weighted by atomic mass is 16.6. The zero-order valence-corrected chi connectivity index (χ0v) is 18.5. The van der Waals surface area contributed by atoms with E-state index in [1.807, 2.05) is 37.3 Å². The van der Waals surface area contributed by atoms with Crippen molar-refractivity contribution in [3.8, 4) is 0 Å². The second-order valence-electron chi connectivity index (χ2n) is 7.93. The lowest BCUT2D eigenvalue weighted by Gasteiger charge is -2.24. The zero-order chi connectivity index (χ0) is 22.6. The van der Waals surface area contributed by atoms with E-state index in [1.54, 1.807) is 20.8 Å². The first-order valence-electron chi connectivity index (χ1n) is 10.2. The van der Waals surface area contributed by atoms with Crippen LogP contribution >= 0.6 is 0 Å². The van der Waals surface area contributed by atoms with E-state index in [9.17, 15) is 14.4 Å². The molecule has 0 spiro atoms. The van der Waals surface area contributed by atoms with Crippen molar-refractivity contribution in [1.29, 1.82) is 0 Å². The second kappa shape index (κ2) is 12.8. The van der Waals surface area contributed by atoms with Gasteiger partial charge in [-0.05, 0) is 32.8 Å². The summed E-state index contributed by atoms with van der Waals surface area (Å²) in [5, 5.41) is 5.17. The Labute approximate surface area is 178 Å². The Morgan fingerprint density at radius 1 is 1.03 bits per heavy atom. The molecule has 2 amide bonds. The summed E-state index contributed by atoms with van der Waals surface area (Å²) in [6.07, 6.45) is 1.15. The van der Waals surface area contributed by atoms with E-state index in [-0.39, 0.29) is 19.6 Å². The standard InChI is InChI=1S/C22H34N2O6/c1-6-7-13-29-20(26)17(14-16-11-9-8-10-12-16)23-19(25)18(15-28-5)24-21(27)30-22(2,3)4/h8-12,17-18H,6-7,13-15H2,1-5H3,(H,23,25)(H,24,27)/t17-,18-/m0/s1. The number of esters is 1. The van der Waals surface area contributed by atoms with Crippen LogP contribution in [0.4, 0.5) is 4.79 Å². The van der Waals surface area contributed by atoms with E-state index in [0.29, 0.717) is 0 Å². The van der Waals surface area contributed by atoms with Gasteiger partial charge in [0.15, 0.2) is 0 Å². The van der Waals surface area contributed by atoms with Gasteiger partial charge in [0.25, 0.3) is 0 Å². The number of rotatable bonds is 11. The van der Waals surface area contributed by atoms with Crippen molar-refractivity contribution in [3.63, 3.8) is 0 Å². The van der Waals surface area contributed by atoms with E-state index in [0.717, 1.165) is 18.4 Å². The molecule has 2 N–H and O–H groups in total. The molecule has 0 aliphatic carbocycles. The van der Waals surface area contributed by atoms with Crippen LogP contribution in [-0.2, 0) is 30.2 Å². The summed E-state index contributed by atoms with van der Waals surface area (Å²) in [7, 11) is 1.41. The molecule has 0 radical (unpaired) electrons. The maximum Gasteiger partial charge on any atom is 0.408 e. The fourth-order valence-corrected chi connectivity index (χ4v) is 2.53. The van der Waals surface area contributed by atoms with Crippen molar-refractivity contribution < 1.29 is 28.6 Å². The van der Waals surface area contributed by atoms with Crippen molar-refractivity contribution in [2.24, 2.45) is 0 Å². The zero-order valence-electron chi connectivity index (χ0n) is 18.5. The fraction of sp³-hybridized carbons (Fsp3) is 0.591. The van der Waals surface area contributed by atoms with Gasteiger partial charge in [0.2, 0.25) is 5.91 Å². The number of unbranched alkanes of at least 4 members (excludes halogenated alkanes) is 1. The average Bonchev–Trinajstić information content (AvgIpc) is 2.66. The number of nitrogens with one attached hydrogen (secondary N) is 2. The molecule has 1 aromatic carbocycles. The number of hydrogen-bond donors (Lipinski definition) is 2. The summed E-state index contributed by atoms with van der Waals surface area (Å²) < 4.78 is 15.6. The van der Waals surface area contributed by atoms with Crippen LogP contribution in [0.3, 0.4) is 0 Å². The molecule has 1 rings (SSSR count). The monoisotopic (exact) mass is 422 g/mol. The van der Waals surface area contributed by atoms with Crippen molar-refractivity contribution >= 4 is 18.0 Å². The van der Waals surface area contributed by atoms with Gasteiger partial charge < -0.3 is 24.8 Å². The number of methoxy groups -OCH3 is 1. The van der Waals surface area contributed by atoms with Gasteiger partial charge in [-0.3, -0.25) is 4.79 Å². The molecule has 0 saturated heterocycles. The molecule has 0 heterocycles. The lowest BCUT2D eigenvalue weighted by molar-refractivity contribution is -0.148. The van der Waals surface area contributed by atoms with Crippen LogP contribution in [0.25, 0.3) is 0 Å². The Hall–Kier alpha value is -2.61. The molecule has 0 aromatic heterocycles. The van der Waals surface area contributed by atoms with Crippen molar-refractivity contribution in [1.82, 2.24) is 10.6 Å². The van der Waals surface area contributed by atoms with E-state index in [2.05, 4.69) is 10.6 Å². The van der Waals surface area contributed by atoms with Crippen molar-refractivity contribution in [3.05, 3.63) is 35.9 Å². The molecule has 168 valence electrons. The smallest absolute Gasteiger partial charge is 0.408 e. The normalized spacial score (nSPS) is 13.1. The van der Waals surface area contributed by atoms with Crippen LogP contribution in [0.1, 0.15) is 46.1 Å². The molecule has 0 bridgehead atoms. The number of hydrogen-bond acceptors (Lipinski definition) is 6. The average molecular weight is 423 g/mol. The van der Waals surface area contributed by atoms with Gasteiger partial charge in [-0.1, -0.05) is 43.7 Å². The Kier molecular flexibility index (Phi) is 10.9. The van der Waals surface area contributed by atoms with E-state index in [1.165, 1.54) is 7.11 Å². The highest BCUT2D eigenvalue weighted by molar-refractivity contribution is 5.90. The third kappa shape index (κ3) is 10.2. The number of alkyl carbamates (subject to hydrolysis) is 1. The van der Waals surface area contributed by atoms with E-state index >= 15 is 0 Å². The van der Waals surface area contributed by atoms with Crippen molar-refractivity contribution in [2.75, 3.05) is 20.3 Å². The van der Waals surface area contributed by atoms with Gasteiger partial charge in [-0.2, -0.15) is 0 Å². The topological polar surface area (TPSA) is 103 Å². The molecule has 30 heavy (non-hydrogen) atoms. The summed E-state index contributed by atoms with van der Waals surface area (Å²) in [6.45, 7) is 7.37. The fourth-order valence-electron chi connectivity index (χ4n) is 2.53. The third-order valence-electron chi connectivity index (χ3n) is 3.97. The molecule has 0 aliphatic rings. The highest BCUT2D eigenvalue weighted by Crippen LogP contribution is 2.08. The second-order valence-corrected chi connectivity index (χ2v) is 7.93. The van der Waals surface area contributed by atoms with Gasteiger partial charge in [-0.15, -0.1) is 0 Å².